The second kappa shape index (κ2) is 3.74. The van der Waals surface area contributed by atoms with Gasteiger partial charge in [0.15, 0.2) is 0 Å². The second-order valence-electron chi connectivity index (χ2n) is 4.17. The van der Waals surface area contributed by atoms with Crippen molar-refractivity contribution in [2.24, 2.45) is 5.73 Å². The summed E-state index contributed by atoms with van der Waals surface area (Å²) in [4.78, 5) is 0. The fourth-order valence-electron chi connectivity index (χ4n) is 2.26. The van der Waals surface area contributed by atoms with Crippen molar-refractivity contribution in [3.63, 3.8) is 0 Å². The molecule has 0 amide bonds. The second-order valence-corrected chi connectivity index (χ2v) is 4.58. The largest absolute Gasteiger partial charge is 0.393 e. The monoisotopic (exact) mass is 229 g/mol. The number of hydrogen-bond donors (Lipinski definition) is 2. The van der Waals surface area contributed by atoms with E-state index in [2.05, 4.69) is 0 Å². The van der Waals surface area contributed by atoms with Crippen LogP contribution < -0.4 is 5.73 Å². The molecule has 0 radical (unpaired) electrons. The highest BCUT2D eigenvalue weighted by Crippen LogP contribution is 2.45. The Morgan fingerprint density at radius 1 is 1.53 bits per heavy atom. The number of aliphatic hydroxyl groups excluding tert-OH is 1. The molecule has 1 aromatic rings. The van der Waals surface area contributed by atoms with E-state index < -0.39 is 0 Å². The average molecular weight is 230 g/mol. The fraction of sp³-hybridized carbons (Fsp3) is 0.455. The summed E-state index contributed by atoms with van der Waals surface area (Å²) >= 11 is 5.98. The first-order valence-electron chi connectivity index (χ1n) is 4.91. The molecule has 1 aliphatic carbocycles. The number of nitrogens with two attached hydrogens (primary N) is 1. The van der Waals surface area contributed by atoms with Gasteiger partial charge < -0.3 is 10.8 Å². The summed E-state index contributed by atoms with van der Waals surface area (Å²) in [6, 6.07) is 4.33. The summed E-state index contributed by atoms with van der Waals surface area (Å²) in [6.07, 6.45) is 0.902. The van der Waals surface area contributed by atoms with Gasteiger partial charge in [0.05, 0.1) is 6.10 Å². The standard InChI is InChI=1S/C11H13ClFNO/c12-10-3-7(13)1-2-9(10)11(6-14)4-8(15)5-11/h1-3,8,15H,4-6,14H2. The van der Waals surface area contributed by atoms with Crippen molar-refractivity contribution in [1.82, 2.24) is 0 Å². The number of rotatable bonds is 2. The maximum Gasteiger partial charge on any atom is 0.124 e. The molecule has 2 nitrogen and oxygen atoms in total. The fourth-order valence-corrected chi connectivity index (χ4v) is 2.63. The quantitative estimate of drug-likeness (QED) is 0.813. The molecule has 1 fully saturated rings. The molecule has 0 spiro atoms. The van der Waals surface area contributed by atoms with Crippen LogP contribution in [0.5, 0.6) is 0 Å². The molecule has 15 heavy (non-hydrogen) atoms. The van der Waals surface area contributed by atoms with Crippen LogP contribution >= 0.6 is 11.6 Å². The first-order valence-corrected chi connectivity index (χ1v) is 5.29. The molecule has 1 aromatic carbocycles. The van der Waals surface area contributed by atoms with Crippen molar-refractivity contribution in [2.75, 3.05) is 6.54 Å². The molecule has 2 rings (SSSR count). The Hall–Kier alpha value is -0.640. The maximum atomic E-state index is 12.9. The van der Waals surface area contributed by atoms with E-state index in [1.54, 1.807) is 6.07 Å². The number of aliphatic hydroxyl groups is 1. The van der Waals surface area contributed by atoms with Gasteiger partial charge in [-0.3, -0.25) is 0 Å². The predicted molar refractivity (Wildman–Crippen MR) is 57.4 cm³/mol. The molecule has 0 heterocycles. The lowest BCUT2D eigenvalue weighted by atomic mass is 9.63. The Morgan fingerprint density at radius 2 is 2.20 bits per heavy atom. The third-order valence-electron chi connectivity index (χ3n) is 3.15. The van der Waals surface area contributed by atoms with Crippen LogP contribution in [0.3, 0.4) is 0 Å². The zero-order valence-corrected chi connectivity index (χ0v) is 8.97. The molecule has 0 unspecified atom stereocenters. The van der Waals surface area contributed by atoms with Crippen LogP contribution in [0.1, 0.15) is 18.4 Å². The summed E-state index contributed by atoms with van der Waals surface area (Å²) < 4.78 is 12.9. The Morgan fingerprint density at radius 3 is 2.67 bits per heavy atom. The SMILES string of the molecule is NCC1(c2ccc(F)cc2Cl)CC(O)C1. The summed E-state index contributed by atoms with van der Waals surface area (Å²) in [6.45, 7) is 0.426. The maximum absolute atomic E-state index is 12.9. The van der Waals surface area contributed by atoms with E-state index in [1.807, 2.05) is 0 Å². The van der Waals surface area contributed by atoms with E-state index in [0.717, 1.165) is 5.56 Å². The smallest absolute Gasteiger partial charge is 0.124 e. The third kappa shape index (κ3) is 1.75. The van der Waals surface area contributed by atoms with Crippen molar-refractivity contribution in [3.05, 3.63) is 34.6 Å². The van der Waals surface area contributed by atoms with Gasteiger partial charge in [0.2, 0.25) is 0 Å². The molecule has 0 bridgehead atoms. The Balaban J connectivity index is 2.36. The van der Waals surface area contributed by atoms with Crippen LogP contribution in [0.25, 0.3) is 0 Å². The van der Waals surface area contributed by atoms with E-state index in [9.17, 15) is 9.50 Å². The summed E-state index contributed by atoms with van der Waals surface area (Å²) in [7, 11) is 0. The minimum atomic E-state index is -0.351. The van der Waals surface area contributed by atoms with Gasteiger partial charge in [0, 0.05) is 17.0 Å². The highest BCUT2D eigenvalue weighted by Gasteiger charge is 2.44. The summed E-state index contributed by atoms with van der Waals surface area (Å²) in [5.74, 6) is -0.351. The minimum absolute atomic E-state index is 0.260. The lowest BCUT2D eigenvalue weighted by molar-refractivity contribution is 0.0222. The number of halogens is 2. The number of benzene rings is 1. The summed E-state index contributed by atoms with van der Waals surface area (Å²) in [5, 5.41) is 9.74. The molecule has 0 aliphatic heterocycles. The molecule has 3 N–H and O–H groups in total. The van der Waals surface area contributed by atoms with Crippen LogP contribution in [0.15, 0.2) is 18.2 Å². The number of hydrogen-bond acceptors (Lipinski definition) is 2. The molecular weight excluding hydrogens is 217 g/mol. The Labute approximate surface area is 92.9 Å². The van der Waals surface area contributed by atoms with Crippen LogP contribution in [0, 0.1) is 5.82 Å². The molecule has 82 valence electrons. The molecule has 0 atom stereocenters. The van der Waals surface area contributed by atoms with Crippen LogP contribution in [-0.4, -0.2) is 17.8 Å². The summed E-state index contributed by atoms with van der Waals surface area (Å²) in [5.41, 5.74) is 6.29. The third-order valence-corrected chi connectivity index (χ3v) is 3.46. The normalized spacial score (nSPS) is 30.0. The van der Waals surface area contributed by atoms with Crippen molar-refractivity contribution in [1.29, 1.82) is 0 Å². The van der Waals surface area contributed by atoms with Gasteiger partial charge in [0.25, 0.3) is 0 Å². The van der Waals surface area contributed by atoms with Crippen molar-refractivity contribution in [2.45, 2.75) is 24.4 Å². The highest BCUT2D eigenvalue weighted by atomic mass is 35.5. The van der Waals surface area contributed by atoms with Crippen LogP contribution in [0.2, 0.25) is 5.02 Å². The Bertz CT molecular complexity index is 377. The molecule has 1 saturated carbocycles. The van der Waals surface area contributed by atoms with Crippen LogP contribution in [-0.2, 0) is 5.41 Å². The van der Waals surface area contributed by atoms with Gasteiger partial charge in [-0.15, -0.1) is 0 Å². The van der Waals surface area contributed by atoms with Gasteiger partial charge >= 0.3 is 0 Å². The van der Waals surface area contributed by atoms with Crippen molar-refractivity contribution in [3.8, 4) is 0 Å². The first kappa shape index (κ1) is 10.9. The highest BCUT2D eigenvalue weighted by molar-refractivity contribution is 6.31. The van der Waals surface area contributed by atoms with Gasteiger partial charge in [-0.1, -0.05) is 17.7 Å². The average Bonchev–Trinajstić information content (AvgIpc) is 2.13. The van der Waals surface area contributed by atoms with Gasteiger partial charge in [-0.05, 0) is 30.5 Å². The van der Waals surface area contributed by atoms with E-state index in [0.29, 0.717) is 24.4 Å². The zero-order valence-electron chi connectivity index (χ0n) is 8.21. The Kier molecular flexibility index (Phi) is 2.71. The van der Waals surface area contributed by atoms with E-state index in [4.69, 9.17) is 17.3 Å². The minimum Gasteiger partial charge on any atom is -0.393 e. The molecular formula is C11H13ClFNO. The van der Waals surface area contributed by atoms with E-state index >= 15 is 0 Å². The first-order chi connectivity index (χ1) is 7.07. The lowest BCUT2D eigenvalue weighted by Crippen LogP contribution is -2.50. The molecule has 4 heteroatoms. The topological polar surface area (TPSA) is 46.2 Å². The van der Waals surface area contributed by atoms with Gasteiger partial charge in [0.1, 0.15) is 5.82 Å². The van der Waals surface area contributed by atoms with Gasteiger partial charge in [-0.2, -0.15) is 0 Å². The molecule has 0 saturated heterocycles. The van der Waals surface area contributed by atoms with Crippen molar-refractivity contribution < 1.29 is 9.50 Å². The van der Waals surface area contributed by atoms with Crippen molar-refractivity contribution >= 4 is 11.6 Å². The van der Waals surface area contributed by atoms with E-state index in [1.165, 1.54) is 12.1 Å². The van der Waals surface area contributed by atoms with E-state index in [-0.39, 0.29) is 17.3 Å². The van der Waals surface area contributed by atoms with Crippen LogP contribution in [0.4, 0.5) is 4.39 Å². The van der Waals surface area contributed by atoms with Gasteiger partial charge in [-0.25, -0.2) is 4.39 Å². The molecule has 0 aromatic heterocycles. The zero-order chi connectivity index (χ0) is 11.1. The molecule has 1 aliphatic rings. The lowest BCUT2D eigenvalue weighted by Gasteiger charge is -2.45. The predicted octanol–water partition coefficient (Wildman–Crippen LogP) is 1.83.